The Morgan fingerprint density at radius 2 is 1.75 bits per heavy atom. The van der Waals surface area contributed by atoms with Crippen molar-refractivity contribution in [2.24, 2.45) is 0 Å². The highest BCUT2D eigenvalue weighted by atomic mass is 35.5. The van der Waals surface area contributed by atoms with Gasteiger partial charge in [-0.25, -0.2) is 17.8 Å². The first-order chi connectivity index (χ1) is 14.6. The Labute approximate surface area is 198 Å². The summed E-state index contributed by atoms with van der Waals surface area (Å²) in [5, 5.41) is 0.488. The Balaban J connectivity index is 0.00000363. The predicted molar refractivity (Wildman–Crippen MR) is 130 cm³/mol. The van der Waals surface area contributed by atoms with E-state index in [1.54, 1.807) is 0 Å². The van der Waals surface area contributed by atoms with Crippen molar-refractivity contribution in [1.82, 2.24) is 9.88 Å². The molecule has 3 rings (SSSR count). The number of hydrogen-bond acceptors (Lipinski definition) is 6. The van der Waals surface area contributed by atoms with Crippen molar-refractivity contribution in [2.75, 3.05) is 37.8 Å². The second-order valence-electron chi connectivity index (χ2n) is 7.84. The highest BCUT2D eigenvalue weighted by molar-refractivity contribution is 7.92. The van der Waals surface area contributed by atoms with Crippen LogP contribution in [0.5, 0.6) is 0 Å². The molecule has 32 heavy (non-hydrogen) atoms. The minimum absolute atomic E-state index is 0. The number of aromatic nitrogens is 1. The second-order valence-corrected chi connectivity index (χ2v) is 10.8. The summed E-state index contributed by atoms with van der Waals surface area (Å²) >= 11 is 1.39. The number of rotatable bonds is 8. The molecule has 0 saturated carbocycles. The highest BCUT2D eigenvalue weighted by Gasteiger charge is 2.26. The van der Waals surface area contributed by atoms with Crippen LogP contribution in [0.1, 0.15) is 17.5 Å². The SMILES string of the molecule is Cc1cc(C)c2sc(N(CCCN(C)C)C(=O)CS(=O)(=O)c3ccc(F)cc3)nc2c1.Cl. The van der Waals surface area contributed by atoms with Crippen LogP contribution in [0.25, 0.3) is 10.2 Å². The van der Waals surface area contributed by atoms with Crippen LogP contribution in [-0.4, -0.2) is 57.1 Å². The second kappa shape index (κ2) is 10.7. The van der Waals surface area contributed by atoms with Gasteiger partial charge in [-0.15, -0.1) is 12.4 Å². The molecular formula is C22H27ClFN3O3S2. The smallest absolute Gasteiger partial charge is 0.244 e. The molecule has 1 aromatic heterocycles. The molecule has 0 fully saturated rings. The molecule has 0 spiro atoms. The number of carbonyl (C=O) groups excluding carboxylic acids is 1. The lowest BCUT2D eigenvalue weighted by Crippen LogP contribution is -2.37. The average molecular weight is 500 g/mol. The number of amides is 1. The number of sulfone groups is 1. The molecule has 1 heterocycles. The van der Waals surface area contributed by atoms with E-state index in [2.05, 4.69) is 11.1 Å². The first-order valence-electron chi connectivity index (χ1n) is 9.88. The van der Waals surface area contributed by atoms with Gasteiger partial charge in [-0.2, -0.15) is 0 Å². The van der Waals surface area contributed by atoms with Crippen molar-refractivity contribution in [3.8, 4) is 0 Å². The summed E-state index contributed by atoms with van der Waals surface area (Å²) in [6.45, 7) is 5.08. The third-order valence-corrected chi connectivity index (χ3v) is 7.66. The normalized spacial score (nSPS) is 11.6. The average Bonchev–Trinajstić information content (AvgIpc) is 3.08. The molecular weight excluding hydrogens is 473 g/mol. The van der Waals surface area contributed by atoms with Crippen molar-refractivity contribution in [1.29, 1.82) is 0 Å². The number of carbonyl (C=O) groups is 1. The molecule has 0 atom stereocenters. The van der Waals surface area contributed by atoms with Crippen LogP contribution in [-0.2, 0) is 14.6 Å². The van der Waals surface area contributed by atoms with E-state index in [9.17, 15) is 17.6 Å². The van der Waals surface area contributed by atoms with E-state index in [0.717, 1.165) is 40.0 Å². The van der Waals surface area contributed by atoms with E-state index in [4.69, 9.17) is 0 Å². The molecule has 0 aliphatic rings. The number of anilines is 1. The number of fused-ring (bicyclic) bond motifs is 1. The molecule has 0 N–H and O–H groups in total. The predicted octanol–water partition coefficient (Wildman–Crippen LogP) is 4.23. The summed E-state index contributed by atoms with van der Waals surface area (Å²) < 4.78 is 39.6. The minimum atomic E-state index is -3.91. The van der Waals surface area contributed by atoms with Crippen LogP contribution in [0.2, 0.25) is 0 Å². The van der Waals surface area contributed by atoms with Crippen LogP contribution in [0.3, 0.4) is 0 Å². The largest absolute Gasteiger partial charge is 0.309 e. The van der Waals surface area contributed by atoms with Gasteiger partial charge in [0.1, 0.15) is 11.6 Å². The van der Waals surface area contributed by atoms with E-state index in [1.165, 1.54) is 28.4 Å². The van der Waals surface area contributed by atoms with Gasteiger partial charge >= 0.3 is 0 Å². The Bertz CT molecular complexity index is 1200. The standard InChI is InChI=1S/C22H26FN3O3S2.ClH/c1-15-12-16(2)21-19(13-15)24-22(30-21)26(11-5-10-25(3)4)20(27)14-31(28,29)18-8-6-17(23)7-9-18;/h6-9,12-13H,5,10-11,14H2,1-4H3;1H. The van der Waals surface area contributed by atoms with Gasteiger partial charge in [0.05, 0.1) is 15.1 Å². The fourth-order valence-corrected chi connectivity index (χ4v) is 5.58. The molecule has 0 aliphatic carbocycles. The van der Waals surface area contributed by atoms with Gasteiger partial charge in [0.25, 0.3) is 0 Å². The van der Waals surface area contributed by atoms with E-state index >= 15 is 0 Å². The maximum absolute atomic E-state index is 13.2. The summed E-state index contributed by atoms with van der Waals surface area (Å²) in [4.78, 5) is 21.2. The molecule has 3 aromatic rings. The van der Waals surface area contributed by atoms with Gasteiger partial charge < -0.3 is 4.90 Å². The fourth-order valence-electron chi connectivity index (χ4n) is 3.32. The third-order valence-electron chi connectivity index (χ3n) is 4.81. The van der Waals surface area contributed by atoms with Crippen molar-refractivity contribution < 1.29 is 17.6 Å². The first-order valence-corrected chi connectivity index (χ1v) is 12.3. The van der Waals surface area contributed by atoms with Crippen LogP contribution in [0, 0.1) is 19.7 Å². The van der Waals surface area contributed by atoms with E-state index in [1.807, 2.05) is 38.9 Å². The van der Waals surface area contributed by atoms with Crippen LogP contribution >= 0.6 is 23.7 Å². The van der Waals surface area contributed by atoms with Crippen molar-refractivity contribution >= 4 is 54.8 Å². The molecule has 0 radical (unpaired) electrons. The molecule has 2 aromatic carbocycles. The number of nitrogens with zero attached hydrogens (tertiary/aromatic N) is 3. The molecule has 0 saturated heterocycles. The van der Waals surface area contributed by atoms with Crippen molar-refractivity contribution in [3.63, 3.8) is 0 Å². The molecule has 174 valence electrons. The molecule has 0 unspecified atom stereocenters. The van der Waals surface area contributed by atoms with Crippen LogP contribution < -0.4 is 4.90 Å². The zero-order valence-electron chi connectivity index (χ0n) is 18.5. The third kappa shape index (κ3) is 6.25. The lowest BCUT2D eigenvalue weighted by Gasteiger charge is -2.21. The summed E-state index contributed by atoms with van der Waals surface area (Å²) in [5.41, 5.74) is 2.94. The topological polar surface area (TPSA) is 70.6 Å². The maximum atomic E-state index is 13.2. The minimum Gasteiger partial charge on any atom is -0.309 e. The maximum Gasteiger partial charge on any atom is 0.244 e. The van der Waals surface area contributed by atoms with E-state index in [0.29, 0.717) is 18.1 Å². The lowest BCUT2D eigenvalue weighted by molar-refractivity contribution is -0.116. The molecule has 1 amide bonds. The number of halogens is 2. The Morgan fingerprint density at radius 3 is 2.38 bits per heavy atom. The van der Waals surface area contributed by atoms with Crippen LogP contribution in [0.4, 0.5) is 9.52 Å². The summed E-state index contributed by atoms with van der Waals surface area (Å²) in [7, 11) is -0.0281. The summed E-state index contributed by atoms with van der Waals surface area (Å²) in [6.07, 6.45) is 0.670. The zero-order chi connectivity index (χ0) is 22.8. The first kappa shape index (κ1) is 26.2. The summed E-state index contributed by atoms with van der Waals surface area (Å²) in [6, 6.07) is 8.52. The Hall–Kier alpha value is -2.07. The quantitative estimate of drug-likeness (QED) is 0.434. The van der Waals surface area contributed by atoms with Gasteiger partial charge in [-0.05, 0) is 82.4 Å². The van der Waals surface area contributed by atoms with E-state index in [-0.39, 0.29) is 17.3 Å². The van der Waals surface area contributed by atoms with Crippen LogP contribution in [0.15, 0.2) is 41.3 Å². The lowest BCUT2D eigenvalue weighted by atomic mass is 10.1. The number of hydrogen-bond donors (Lipinski definition) is 0. The summed E-state index contributed by atoms with van der Waals surface area (Å²) in [5.74, 6) is -1.78. The van der Waals surface area contributed by atoms with Gasteiger partial charge in [-0.1, -0.05) is 17.4 Å². The number of thiazole rings is 1. The highest BCUT2D eigenvalue weighted by Crippen LogP contribution is 2.32. The molecule has 6 nitrogen and oxygen atoms in total. The molecule has 10 heteroatoms. The molecule has 0 bridgehead atoms. The van der Waals surface area contributed by atoms with E-state index < -0.39 is 27.3 Å². The number of benzene rings is 2. The van der Waals surface area contributed by atoms with Crippen molar-refractivity contribution in [3.05, 3.63) is 53.3 Å². The Morgan fingerprint density at radius 1 is 1.09 bits per heavy atom. The van der Waals surface area contributed by atoms with Gasteiger partial charge in [-0.3, -0.25) is 9.69 Å². The van der Waals surface area contributed by atoms with Gasteiger partial charge in [0.2, 0.25) is 5.91 Å². The van der Waals surface area contributed by atoms with Gasteiger partial charge in [0.15, 0.2) is 15.0 Å². The Kier molecular flexibility index (Phi) is 8.75. The monoisotopic (exact) mass is 499 g/mol. The zero-order valence-corrected chi connectivity index (χ0v) is 20.9. The number of aryl methyl sites for hydroxylation is 2. The molecule has 0 aliphatic heterocycles. The van der Waals surface area contributed by atoms with Gasteiger partial charge in [0, 0.05) is 6.54 Å². The fraction of sp³-hybridized carbons (Fsp3) is 0.364. The van der Waals surface area contributed by atoms with Crippen molar-refractivity contribution in [2.45, 2.75) is 25.2 Å².